The van der Waals surface area contributed by atoms with Gasteiger partial charge in [-0.05, 0) is 64.3 Å². The zero-order chi connectivity index (χ0) is 13.5. The van der Waals surface area contributed by atoms with Gasteiger partial charge in [-0.3, -0.25) is 0 Å². The first kappa shape index (κ1) is 13.2. The van der Waals surface area contributed by atoms with Crippen LogP contribution in [0.25, 0.3) is 11.0 Å². The molecule has 0 spiro atoms. The van der Waals surface area contributed by atoms with E-state index >= 15 is 0 Å². The maximum Gasteiger partial charge on any atom is 0.135 e. The molecule has 98 valence electrons. The lowest BCUT2D eigenvalue weighted by atomic mass is 10.0. The van der Waals surface area contributed by atoms with Crippen LogP contribution in [0.3, 0.4) is 0 Å². The summed E-state index contributed by atoms with van der Waals surface area (Å²) in [6.45, 7) is 13.7. The van der Waals surface area contributed by atoms with Crippen molar-refractivity contribution in [3.05, 3.63) is 34.6 Å². The van der Waals surface area contributed by atoms with Gasteiger partial charge in [0.2, 0.25) is 0 Å². The second kappa shape index (κ2) is 4.43. The topological polar surface area (TPSA) is 25.2 Å². The van der Waals surface area contributed by atoms with Crippen LogP contribution < -0.4 is 5.32 Å². The lowest BCUT2D eigenvalue weighted by Crippen LogP contribution is -2.35. The Morgan fingerprint density at radius 2 is 1.78 bits per heavy atom. The average molecular weight is 245 g/mol. The Hall–Kier alpha value is -1.28. The molecule has 18 heavy (non-hydrogen) atoms. The maximum absolute atomic E-state index is 5.99. The molecule has 0 atom stereocenters. The van der Waals surface area contributed by atoms with Crippen molar-refractivity contribution >= 4 is 11.0 Å². The maximum atomic E-state index is 5.99. The van der Waals surface area contributed by atoms with Crippen LogP contribution in [0.15, 0.2) is 16.5 Å². The van der Waals surface area contributed by atoms with Gasteiger partial charge in [0.05, 0.1) is 6.54 Å². The molecule has 0 saturated heterocycles. The van der Waals surface area contributed by atoms with Crippen LogP contribution in [0, 0.1) is 20.8 Å². The number of hydrogen-bond donors (Lipinski definition) is 1. The molecule has 0 radical (unpaired) electrons. The van der Waals surface area contributed by atoms with Crippen molar-refractivity contribution in [2.24, 2.45) is 0 Å². The van der Waals surface area contributed by atoms with Gasteiger partial charge in [0, 0.05) is 10.9 Å². The molecule has 0 unspecified atom stereocenters. The summed E-state index contributed by atoms with van der Waals surface area (Å²) in [6.07, 6.45) is 0. The van der Waals surface area contributed by atoms with E-state index in [9.17, 15) is 0 Å². The van der Waals surface area contributed by atoms with Gasteiger partial charge in [0.15, 0.2) is 0 Å². The molecule has 0 aliphatic rings. The monoisotopic (exact) mass is 245 g/mol. The standard InChI is InChI=1S/C16H23NO/c1-10-7-11(2)15-12(3)14(18-13(15)8-10)9-17-16(4,5)6/h7-8,17H,9H2,1-6H3. The summed E-state index contributed by atoms with van der Waals surface area (Å²) in [7, 11) is 0. The van der Waals surface area contributed by atoms with Crippen LogP contribution in [0.5, 0.6) is 0 Å². The van der Waals surface area contributed by atoms with Crippen molar-refractivity contribution in [1.82, 2.24) is 5.32 Å². The molecule has 2 heteroatoms. The quantitative estimate of drug-likeness (QED) is 0.855. The van der Waals surface area contributed by atoms with E-state index in [4.69, 9.17) is 4.42 Å². The Morgan fingerprint density at radius 1 is 1.11 bits per heavy atom. The van der Waals surface area contributed by atoms with Gasteiger partial charge in [0.25, 0.3) is 0 Å². The second-order valence-corrected chi connectivity index (χ2v) is 6.21. The molecule has 0 aliphatic carbocycles. The van der Waals surface area contributed by atoms with E-state index in [0.717, 1.165) is 17.9 Å². The summed E-state index contributed by atoms with van der Waals surface area (Å²) in [5.41, 5.74) is 4.93. The predicted molar refractivity (Wildman–Crippen MR) is 77.0 cm³/mol. The van der Waals surface area contributed by atoms with Gasteiger partial charge in [0.1, 0.15) is 11.3 Å². The van der Waals surface area contributed by atoms with Crippen molar-refractivity contribution < 1.29 is 4.42 Å². The molecule has 1 aromatic carbocycles. The van der Waals surface area contributed by atoms with Crippen LogP contribution in [0.2, 0.25) is 0 Å². The number of benzene rings is 1. The predicted octanol–water partition coefficient (Wildman–Crippen LogP) is 4.25. The van der Waals surface area contributed by atoms with Crippen molar-refractivity contribution in [2.75, 3.05) is 0 Å². The summed E-state index contributed by atoms with van der Waals surface area (Å²) in [5, 5.41) is 4.75. The zero-order valence-electron chi connectivity index (χ0n) is 12.3. The highest BCUT2D eigenvalue weighted by Gasteiger charge is 2.15. The third kappa shape index (κ3) is 2.59. The summed E-state index contributed by atoms with van der Waals surface area (Å²) in [5.74, 6) is 1.05. The Labute approximate surface area is 109 Å². The molecule has 2 rings (SSSR count). The first-order chi connectivity index (χ1) is 8.28. The largest absolute Gasteiger partial charge is 0.459 e. The van der Waals surface area contributed by atoms with E-state index in [0.29, 0.717) is 0 Å². The molecule has 2 aromatic rings. The number of rotatable bonds is 2. The molecule has 0 fully saturated rings. The minimum atomic E-state index is 0.108. The molecule has 1 N–H and O–H groups in total. The van der Waals surface area contributed by atoms with Crippen molar-refractivity contribution in [1.29, 1.82) is 0 Å². The Morgan fingerprint density at radius 3 is 2.39 bits per heavy atom. The summed E-state index contributed by atoms with van der Waals surface area (Å²) in [4.78, 5) is 0. The summed E-state index contributed by atoms with van der Waals surface area (Å²) >= 11 is 0. The smallest absolute Gasteiger partial charge is 0.135 e. The molecule has 0 saturated carbocycles. The zero-order valence-corrected chi connectivity index (χ0v) is 12.3. The van der Waals surface area contributed by atoms with E-state index in [1.807, 2.05) is 0 Å². The molecule has 0 bridgehead atoms. The third-order valence-corrected chi connectivity index (χ3v) is 3.25. The lowest BCUT2D eigenvalue weighted by molar-refractivity contribution is 0.394. The number of furan rings is 1. The van der Waals surface area contributed by atoms with E-state index in [2.05, 4.69) is 59.0 Å². The normalized spacial score (nSPS) is 12.3. The molecule has 1 heterocycles. The number of hydrogen-bond acceptors (Lipinski definition) is 2. The first-order valence-electron chi connectivity index (χ1n) is 6.52. The van der Waals surface area contributed by atoms with E-state index in [1.165, 1.54) is 22.1 Å². The number of nitrogens with one attached hydrogen (secondary N) is 1. The van der Waals surface area contributed by atoms with Crippen molar-refractivity contribution in [2.45, 2.75) is 53.6 Å². The SMILES string of the molecule is Cc1cc(C)c2c(C)c(CNC(C)(C)C)oc2c1. The molecule has 1 aromatic heterocycles. The van der Waals surface area contributed by atoms with Crippen LogP contribution in [0.4, 0.5) is 0 Å². The van der Waals surface area contributed by atoms with E-state index in [1.54, 1.807) is 0 Å². The summed E-state index contributed by atoms with van der Waals surface area (Å²) < 4.78 is 5.99. The highest BCUT2D eigenvalue weighted by Crippen LogP contribution is 2.29. The number of aryl methyl sites for hydroxylation is 3. The average Bonchev–Trinajstić information content (AvgIpc) is 2.51. The molecule has 2 nitrogen and oxygen atoms in total. The van der Waals surface area contributed by atoms with Crippen LogP contribution in [0.1, 0.15) is 43.2 Å². The minimum Gasteiger partial charge on any atom is -0.459 e. The summed E-state index contributed by atoms with van der Waals surface area (Å²) in [6, 6.07) is 4.34. The van der Waals surface area contributed by atoms with Crippen LogP contribution >= 0.6 is 0 Å². The first-order valence-corrected chi connectivity index (χ1v) is 6.52. The Balaban J connectivity index is 2.42. The van der Waals surface area contributed by atoms with E-state index < -0.39 is 0 Å². The van der Waals surface area contributed by atoms with Crippen LogP contribution in [-0.2, 0) is 6.54 Å². The van der Waals surface area contributed by atoms with Crippen molar-refractivity contribution in [3.63, 3.8) is 0 Å². The van der Waals surface area contributed by atoms with Gasteiger partial charge in [-0.2, -0.15) is 0 Å². The highest BCUT2D eigenvalue weighted by molar-refractivity contribution is 5.86. The minimum absolute atomic E-state index is 0.108. The molecular weight excluding hydrogens is 222 g/mol. The lowest BCUT2D eigenvalue weighted by Gasteiger charge is -2.19. The molecule has 0 amide bonds. The van der Waals surface area contributed by atoms with Gasteiger partial charge in [-0.15, -0.1) is 0 Å². The Bertz CT molecular complexity index is 573. The number of fused-ring (bicyclic) bond motifs is 1. The van der Waals surface area contributed by atoms with Gasteiger partial charge in [-0.25, -0.2) is 0 Å². The fraction of sp³-hybridized carbons (Fsp3) is 0.500. The second-order valence-electron chi connectivity index (χ2n) is 6.21. The van der Waals surface area contributed by atoms with Gasteiger partial charge >= 0.3 is 0 Å². The van der Waals surface area contributed by atoms with Gasteiger partial charge < -0.3 is 9.73 Å². The highest BCUT2D eigenvalue weighted by atomic mass is 16.3. The fourth-order valence-corrected chi connectivity index (χ4v) is 2.35. The third-order valence-electron chi connectivity index (χ3n) is 3.25. The van der Waals surface area contributed by atoms with Gasteiger partial charge in [-0.1, -0.05) is 6.07 Å². The van der Waals surface area contributed by atoms with Crippen LogP contribution in [-0.4, -0.2) is 5.54 Å². The Kier molecular flexibility index (Phi) is 3.24. The molecule has 0 aliphatic heterocycles. The fourth-order valence-electron chi connectivity index (χ4n) is 2.35. The van der Waals surface area contributed by atoms with E-state index in [-0.39, 0.29) is 5.54 Å². The molecular formula is C16H23NO. The van der Waals surface area contributed by atoms with Crippen molar-refractivity contribution in [3.8, 4) is 0 Å².